The first kappa shape index (κ1) is 13.1. The molecular formula is C12H19BrN2O2. The first-order valence-corrected chi connectivity index (χ1v) is 6.77. The van der Waals surface area contributed by atoms with Gasteiger partial charge >= 0.3 is 0 Å². The van der Waals surface area contributed by atoms with Crippen LogP contribution in [0.2, 0.25) is 0 Å². The van der Waals surface area contributed by atoms with Crippen LogP contribution in [0.25, 0.3) is 0 Å². The fourth-order valence-electron chi connectivity index (χ4n) is 2.42. The van der Waals surface area contributed by atoms with E-state index < -0.39 is 6.10 Å². The van der Waals surface area contributed by atoms with Gasteiger partial charge in [-0.2, -0.15) is 5.10 Å². The number of nitrogens with zero attached hydrogens (tertiary/aromatic N) is 2. The van der Waals surface area contributed by atoms with Crippen LogP contribution in [-0.2, 0) is 18.2 Å². The van der Waals surface area contributed by atoms with Crippen LogP contribution < -0.4 is 0 Å². The van der Waals surface area contributed by atoms with Crippen molar-refractivity contribution >= 4 is 15.9 Å². The number of aliphatic hydroxyl groups excluding tert-OH is 1. The van der Waals surface area contributed by atoms with Crippen molar-refractivity contribution in [1.29, 1.82) is 0 Å². The van der Waals surface area contributed by atoms with Crippen LogP contribution >= 0.6 is 15.9 Å². The van der Waals surface area contributed by atoms with Gasteiger partial charge in [-0.25, -0.2) is 0 Å². The van der Waals surface area contributed by atoms with Gasteiger partial charge in [0, 0.05) is 20.1 Å². The molecule has 2 heterocycles. The smallest absolute Gasteiger partial charge is 0.0864 e. The number of aromatic nitrogens is 2. The van der Waals surface area contributed by atoms with Crippen LogP contribution in [0.1, 0.15) is 24.7 Å². The number of halogens is 1. The van der Waals surface area contributed by atoms with Crippen molar-refractivity contribution in [2.45, 2.75) is 38.9 Å². The SMILES string of the molecule is Cc1nn(C)c(CC(O)C2OCCC2C)c1Br. The summed E-state index contributed by atoms with van der Waals surface area (Å²) < 4.78 is 8.40. The third-order valence-electron chi connectivity index (χ3n) is 3.49. The molecule has 96 valence electrons. The maximum atomic E-state index is 10.2. The Labute approximate surface area is 110 Å². The number of rotatable bonds is 3. The lowest BCUT2D eigenvalue weighted by atomic mass is 9.97. The number of aliphatic hydroxyl groups is 1. The fraction of sp³-hybridized carbons (Fsp3) is 0.750. The van der Waals surface area contributed by atoms with E-state index in [9.17, 15) is 5.11 Å². The van der Waals surface area contributed by atoms with Gasteiger partial charge in [-0.15, -0.1) is 0 Å². The van der Waals surface area contributed by atoms with Crippen molar-refractivity contribution < 1.29 is 9.84 Å². The van der Waals surface area contributed by atoms with E-state index in [0.717, 1.165) is 28.9 Å². The highest BCUT2D eigenvalue weighted by Crippen LogP contribution is 2.27. The first-order chi connectivity index (χ1) is 8.00. The van der Waals surface area contributed by atoms with Crippen LogP contribution in [0.15, 0.2) is 4.47 Å². The van der Waals surface area contributed by atoms with Crippen molar-refractivity contribution in [3.05, 3.63) is 15.9 Å². The van der Waals surface area contributed by atoms with Crippen LogP contribution in [0.4, 0.5) is 0 Å². The molecular weight excluding hydrogens is 284 g/mol. The Kier molecular flexibility index (Phi) is 3.90. The molecule has 1 aliphatic rings. The van der Waals surface area contributed by atoms with E-state index in [2.05, 4.69) is 28.0 Å². The minimum absolute atomic E-state index is 0.0443. The Morgan fingerprint density at radius 1 is 1.65 bits per heavy atom. The number of ether oxygens (including phenoxy) is 1. The van der Waals surface area contributed by atoms with Crippen molar-refractivity contribution in [3.8, 4) is 0 Å². The molecule has 5 heteroatoms. The van der Waals surface area contributed by atoms with Gasteiger partial charge in [0.25, 0.3) is 0 Å². The second-order valence-corrected chi connectivity index (χ2v) is 5.64. The minimum atomic E-state index is -0.460. The second kappa shape index (κ2) is 5.08. The largest absolute Gasteiger partial charge is 0.390 e. The monoisotopic (exact) mass is 302 g/mol. The Balaban J connectivity index is 2.10. The standard InChI is InChI=1S/C12H19BrN2O2/c1-7-4-5-17-12(7)10(16)6-9-11(13)8(2)14-15(9)3/h7,10,12,16H,4-6H2,1-3H3. The highest BCUT2D eigenvalue weighted by molar-refractivity contribution is 9.10. The molecule has 0 amide bonds. The van der Waals surface area contributed by atoms with Gasteiger partial charge in [-0.05, 0) is 35.2 Å². The zero-order valence-electron chi connectivity index (χ0n) is 10.5. The fourth-order valence-corrected chi connectivity index (χ4v) is 2.92. The lowest BCUT2D eigenvalue weighted by molar-refractivity contribution is -0.0165. The third-order valence-corrected chi connectivity index (χ3v) is 4.52. The molecule has 4 nitrogen and oxygen atoms in total. The lowest BCUT2D eigenvalue weighted by Crippen LogP contribution is -2.32. The van der Waals surface area contributed by atoms with Crippen molar-refractivity contribution in [3.63, 3.8) is 0 Å². The molecule has 1 N–H and O–H groups in total. The van der Waals surface area contributed by atoms with Crippen LogP contribution in [0, 0.1) is 12.8 Å². The Hall–Kier alpha value is -0.390. The summed E-state index contributed by atoms with van der Waals surface area (Å²) >= 11 is 3.52. The van der Waals surface area contributed by atoms with Gasteiger partial charge in [0.05, 0.1) is 28.1 Å². The molecule has 1 aromatic rings. The predicted octanol–water partition coefficient (Wildman–Crippen LogP) is 1.82. The van der Waals surface area contributed by atoms with E-state index in [1.165, 1.54) is 0 Å². The molecule has 0 radical (unpaired) electrons. The summed E-state index contributed by atoms with van der Waals surface area (Å²) in [5.41, 5.74) is 1.98. The van der Waals surface area contributed by atoms with Gasteiger partial charge in [-0.3, -0.25) is 4.68 Å². The van der Waals surface area contributed by atoms with Crippen LogP contribution in [0.3, 0.4) is 0 Å². The summed E-state index contributed by atoms with van der Waals surface area (Å²) in [5.74, 6) is 0.429. The van der Waals surface area contributed by atoms with E-state index in [-0.39, 0.29) is 6.10 Å². The lowest BCUT2D eigenvalue weighted by Gasteiger charge is -2.21. The summed E-state index contributed by atoms with van der Waals surface area (Å²) in [6, 6.07) is 0. The highest BCUT2D eigenvalue weighted by atomic mass is 79.9. The third kappa shape index (κ3) is 2.56. The van der Waals surface area contributed by atoms with Crippen molar-refractivity contribution in [2.75, 3.05) is 6.61 Å². The summed E-state index contributed by atoms with van der Waals surface area (Å²) in [6.45, 7) is 4.84. The summed E-state index contributed by atoms with van der Waals surface area (Å²) in [4.78, 5) is 0. The Morgan fingerprint density at radius 3 is 2.82 bits per heavy atom. The molecule has 3 atom stereocenters. The topological polar surface area (TPSA) is 47.3 Å². The van der Waals surface area contributed by atoms with Gasteiger partial charge in [0.15, 0.2) is 0 Å². The van der Waals surface area contributed by atoms with E-state index in [4.69, 9.17) is 4.74 Å². The Morgan fingerprint density at radius 2 is 2.35 bits per heavy atom. The maximum Gasteiger partial charge on any atom is 0.0864 e. The van der Waals surface area contributed by atoms with Gasteiger partial charge < -0.3 is 9.84 Å². The van der Waals surface area contributed by atoms with Gasteiger partial charge in [-0.1, -0.05) is 6.92 Å². The molecule has 0 bridgehead atoms. The number of hydrogen-bond acceptors (Lipinski definition) is 3. The van der Waals surface area contributed by atoms with E-state index in [0.29, 0.717) is 12.3 Å². The Bertz CT molecular complexity index is 405. The molecule has 1 aromatic heterocycles. The summed E-state index contributed by atoms with van der Waals surface area (Å²) in [7, 11) is 1.90. The molecule has 2 rings (SSSR count). The molecule has 0 aliphatic carbocycles. The summed E-state index contributed by atoms with van der Waals surface area (Å²) in [6.07, 6.45) is 1.11. The molecule has 1 aliphatic heterocycles. The quantitative estimate of drug-likeness (QED) is 0.926. The molecule has 17 heavy (non-hydrogen) atoms. The zero-order chi connectivity index (χ0) is 12.6. The predicted molar refractivity (Wildman–Crippen MR) is 68.9 cm³/mol. The highest BCUT2D eigenvalue weighted by Gasteiger charge is 2.32. The van der Waals surface area contributed by atoms with Crippen LogP contribution in [0.5, 0.6) is 0 Å². The normalized spacial score (nSPS) is 26.4. The molecule has 0 saturated carbocycles. The summed E-state index contributed by atoms with van der Waals surface area (Å²) in [5, 5.41) is 14.6. The van der Waals surface area contributed by atoms with Crippen molar-refractivity contribution in [2.24, 2.45) is 13.0 Å². The van der Waals surface area contributed by atoms with E-state index in [1.807, 2.05) is 18.7 Å². The molecule has 3 unspecified atom stereocenters. The van der Waals surface area contributed by atoms with E-state index in [1.54, 1.807) is 0 Å². The first-order valence-electron chi connectivity index (χ1n) is 5.98. The molecule has 1 fully saturated rings. The number of aryl methyl sites for hydroxylation is 2. The van der Waals surface area contributed by atoms with Gasteiger partial charge in [0.1, 0.15) is 0 Å². The van der Waals surface area contributed by atoms with E-state index >= 15 is 0 Å². The van der Waals surface area contributed by atoms with Crippen molar-refractivity contribution in [1.82, 2.24) is 9.78 Å². The van der Waals surface area contributed by atoms with Gasteiger partial charge in [0.2, 0.25) is 0 Å². The zero-order valence-corrected chi connectivity index (χ0v) is 12.1. The second-order valence-electron chi connectivity index (χ2n) is 4.84. The number of hydrogen-bond donors (Lipinski definition) is 1. The van der Waals surface area contributed by atoms with Crippen LogP contribution in [-0.4, -0.2) is 33.7 Å². The maximum absolute atomic E-state index is 10.2. The minimum Gasteiger partial charge on any atom is -0.390 e. The molecule has 0 aromatic carbocycles. The average molecular weight is 303 g/mol. The average Bonchev–Trinajstić information content (AvgIpc) is 2.78. The molecule has 1 saturated heterocycles. The molecule has 0 spiro atoms.